The number of aromatic nitrogens is 2. The lowest BCUT2D eigenvalue weighted by atomic mass is 10.2. The van der Waals surface area contributed by atoms with Crippen LogP contribution < -0.4 is 5.32 Å². The number of imidazole rings is 1. The van der Waals surface area contributed by atoms with Gasteiger partial charge in [0.05, 0.1) is 18.4 Å². The Kier molecular flexibility index (Phi) is 8.94. The van der Waals surface area contributed by atoms with E-state index in [1.54, 1.807) is 19.0 Å². The van der Waals surface area contributed by atoms with Crippen LogP contribution in [-0.2, 0) is 11.3 Å². The van der Waals surface area contributed by atoms with Crippen LogP contribution in [0.1, 0.15) is 31.5 Å². The first-order valence-corrected chi connectivity index (χ1v) is 9.84. The van der Waals surface area contributed by atoms with Gasteiger partial charge in [-0.15, -0.1) is 24.0 Å². The van der Waals surface area contributed by atoms with Crippen molar-refractivity contribution in [2.45, 2.75) is 38.3 Å². The molecule has 158 valence electrons. The minimum atomic E-state index is -0.0107. The fourth-order valence-electron chi connectivity index (χ4n) is 3.32. The predicted octanol–water partition coefficient (Wildman–Crippen LogP) is 3.10. The van der Waals surface area contributed by atoms with E-state index in [9.17, 15) is 4.79 Å². The second kappa shape index (κ2) is 11.2. The van der Waals surface area contributed by atoms with Gasteiger partial charge in [-0.05, 0) is 18.4 Å². The number of nitrogens with zero attached hydrogens (tertiary/aromatic N) is 4. The zero-order valence-electron chi connectivity index (χ0n) is 17.4. The summed E-state index contributed by atoms with van der Waals surface area (Å²) in [6, 6.07) is 10.6. The number of aliphatic imine (C=N–C) groups is 1. The van der Waals surface area contributed by atoms with Crippen molar-refractivity contribution in [3.05, 3.63) is 42.4 Å². The maximum atomic E-state index is 12.0. The van der Waals surface area contributed by atoms with Crippen LogP contribution in [-0.4, -0.2) is 65.4 Å². The number of benzene rings is 1. The molecule has 2 N–H and O–H groups in total. The molecule has 0 radical (unpaired) electrons. The van der Waals surface area contributed by atoms with Gasteiger partial charge in [0.15, 0.2) is 5.96 Å². The van der Waals surface area contributed by atoms with E-state index in [-0.39, 0.29) is 36.4 Å². The Labute approximate surface area is 190 Å². The van der Waals surface area contributed by atoms with Gasteiger partial charge in [0.25, 0.3) is 0 Å². The number of carbonyl (C=O) groups excluding carboxylic acids is 1. The van der Waals surface area contributed by atoms with E-state index in [2.05, 4.69) is 32.4 Å². The van der Waals surface area contributed by atoms with E-state index >= 15 is 0 Å². The second-order valence-corrected chi connectivity index (χ2v) is 7.52. The summed E-state index contributed by atoms with van der Waals surface area (Å²) >= 11 is 0. The minimum absolute atomic E-state index is 0. The second-order valence-electron chi connectivity index (χ2n) is 7.52. The van der Waals surface area contributed by atoms with Gasteiger partial charge >= 0.3 is 0 Å². The lowest BCUT2D eigenvalue weighted by Gasteiger charge is -2.25. The third-order valence-electron chi connectivity index (χ3n) is 5.01. The first kappa shape index (κ1) is 23.2. The molecule has 7 nitrogen and oxygen atoms in total. The molecule has 29 heavy (non-hydrogen) atoms. The number of hydrogen-bond donors (Lipinski definition) is 2. The van der Waals surface area contributed by atoms with Crippen LogP contribution in [0.25, 0.3) is 11.3 Å². The van der Waals surface area contributed by atoms with Gasteiger partial charge in [-0.25, -0.2) is 9.98 Å². The number of H-pyrrole nitrogens is 1. The lowest BCUT2D eigenvalue weighted by Crippen LogP contribution is -2.44. The molecule has 1 amide bonds. The highest BCUT2D eigenvalue weighted by molar-refractivity contribution is 14.0. The molecule has 2 aromatic rings. The third kappa shape index (κ3) is 6.73. The highest BCUT2D eigenvalue weighted by Crippen LogP contribution is 2.19. The SMILES string of the molecule is CN(C)C(=O)CN=C(NC1CCCC1)N(C)Cc1ncc(-c2ccccc2)[nH]1.I. The Morgan fingerprint density at radius 2 is 1.90 bits per heavy atom. The molecule has 0 atom stereocenters. The Bertz CT molecular complexity index is 799. The van der Waals surface area contributed by atoms with E-state index < -0.39 is 0 Å². The molecule has 1 aromatic heterocycles. The molecule has 8 heteroatoms. The van der Waals surface area contributed by atoms with E-state index in [1.807, 2.05) is 36.3 Å². The van der Waals surface area contributed by atoms with Crippen LogP contribution in [0.2, 0.25) is 0 Å². The quantitative estimate of drug-likeness (QED) is 0.356. The summed E-state index contributed by atoms with van der Waals surface area (Å²) in [7, 11) is 5.48. The zero-order chi connectivity index (χ0) is 19.9. The Morgan fingerprint density at radius 3 is 2.55 bits per heavy atom. The lowest BCUT2D eigenvalue weighted by molar-refractivity contribution is -0.127. The normalized spacial score (nSPS) is 14.4. The largest absolute Gasteiger partial charge is 0.353 e. The van der Waals surface area contributed by atoms with Crippen LogP contribution in [0.3, 0.4) is 0 Å². The Morgan fingerprint density at radius 1 is 1.21 bits per heavy atom. The van der Waals surface area contributed by atoms with Crippen molar-refractivity contribution < 1.29 is 4.79 Å². The van der Waals surface area contributed by atoms with Crippen molar-refractivity contribution in [3.8, 4) is 11.3 Å². The summed E-state index contributed by atoms with van der Waals surface area (Å²) in [6.45, 7) is 0.724. The first-order valence-electron chi connectivity index (χ1n) is 9.84. The number of amides is 1. The molecule has 0 spiro atoms. The van der Waals surface area contributed by atoms with Gasteiger partial charge in [0.1, 0.15) is 12.4 Å². The van der Waals surface area contributed by atoms with Crippen molar-refractivity contribution in [2.24, 2.45) is 4.99 Å². The summed E-state index contributed by atoms with van der Waals surface area (Å²) in [6.07, 6.45) is 6.63. The predicted molar refractivity (Wildman–Crippen MR) is 127 cm³/mol. The fraction of sp³-hybridized carbons (Fsp3) is 0.476. The van der Waals surface area contributed by atoms with Gasteiger partial charge in [0.2, 0.25) is 5.91 Å². The Hall–Kier alpha value is -2.10. The summed E-state index contributed by atoms with van der Waals surface area (Å²) < 4.78 is 0. The summed E-state index contributed by atoms with van der Waals surface area (Å²) in [5, 5.41) is 3.53. The molecule has 0 bridgehead atoms. The molecule has 1 fully saturated rings. The van der Waals surface area contributed by atoms with Crippen molar-refractivity contribution in [2.75, 3.05) is 27.7 Å². The zero-order valence-corrected chi connectivity index (χ0v) is 19.7. The van der Waals surface area contributed by atoms with E-state index in [0.29, 0.717) is 12.6 Å². The number of hydrogen-bond acceptors (Lipinski definition) is 3. The third-order valence-corrected chi connectivity index (χ3v) is 5.01. The van der Waals surface area contributed by atoms with E-state index in [0.717, 1.165) is 35.9 Å². The van der Waals surface area contributed by atoms with Gasteiger partial charge in [0, 0.05) is 27.2 Å². The maximum absolute atomic E-state index is 12.0. The van der Waals surface area contributed by atoms with Crippen LogP contribution in [0.5, 0.6) is 0 Å². The summed E-state index contributed by atoms with van der Waals surface area (Å²) in [5.74, 6) is 1.60. The highest BCUT2D eigenvalue weighted by atomic mass is 127. The Balaban J connectivity index is 0.00000300. The van der Waals surface area contributed by atoms with E-state index in [4.69, 9.17) is 0 Å². The van der Waals surface area contributed by atoms with Crippen LogP contribution in [0.4, 0.5) is 0 Å². The number of likely N-dealkylation sites (N-methyl/N-ethyl adjacent to an activating group) is 1. The first-order chi connectivity index (χ1) is 13.5. The van der Waals surface area contributed by atoms with Gasteiger partial charge in [-0.2, -0.15) is 0 Å². The fourth-order valence-corrected chi connectivity index (χ4v) is 3.32. The summed E-state index contributed by atoms with van der Waals surface area (Å²) in [4.78, 5) is 28.0. The van der Waals surface area contributed by atoms with Crippen LogP contribution >= 0.6 is 24.0 Å². The molecular formula is C21H31IN6O. The number of halogens is 1. The van der Waals surface area contributed by atoms with Crippen molar-refractivity contribution in [1.29, 1.82) is 0 Å². The smallest absolute Gasteiger partial charge is 0.243 e. The molecule has 1 aliphatic rings. The molecule has 1 saturated carbocycles. The molecule has 3 rings (SSSR count). The molecule has 0 unspecified atom stereocenters. The average Bonchev–Trinajstić information content (AvgIpc) is 3.37. The molecular weight excluding hydrogens is 479 g/mol. The molecule has 0 aliphatic heterocycles. The monoisotopic (exact) mass is 510 g/mol. The highest BCUT2D eigenvalue weighted by Gasteiger charge is 2.19. The van der Waals surface area contributed by atoms with Gasteiger partial charge in [-0.1, -0.05) is 43.2 Å². The number of aromatic amines is 1. The van der Waals surface area contributed by atoms with Crippen molar-refractivity contribution in [1.82, 2.24) is 25.1 Å². The number of carbonyl (C=O) groups is 1. The molecule has 1 aromatic carbocycles. The molecule has 1 aliphatic carbocycles. The van der Waals surface area contributed by atoms with E-state index in [1.165, 1.54) is 12.8 Å². The molecule has 0 saturated heterocycles. The topological polar surface area (TPSA) is 76.6 Å². The standard InChI is InChI=1S/C21H30N6O.HI/c1-26(2)20(28)14-23-21(24-17-11-7-8-12-17)27(3)15-19-22-13-18(25-19)16-9-5-4-6-10-16;/h4-6,9-10,13,17H,7-8,11-12,14-15H2,1-3H3,(H,22,25)(H,23,24);1H. The average molecular weight is 510 g/mol. The van der Waals surface area contributed by atoms with Crippen molar-refractivity contribution >= 4 is 35.8 Å². The maximum Gasteiger partial charge on any atom is 0.243 e. The number of guanidine groups is 1. The van der Waals surface area contributed by atoms with Crippen LogP contribution in [0, 0.1) is 0 Å². The van der Waals surface area contributed by atoms with Crippen molar-refractivity contribution in [3.63, 3.8) is 0 Å². The van der Waals surface area contributed by atoms with Gasteiger partial charge in [-0.3, -0.25) is 4.79 Å². The minimum Gasteiger partial charge on any atom is -0.353 e. The van der Waals surface area contributed by atoms with Gasteiger partial charge < -0.3 is 20.1 Å². The number of rotatable bonds is 6. The number of nitrogens with one attached hydrogen (secondary N) is 2. The molecule has 1 heterocycles. The van der Waals surface area contributed by atoms with Crippen LogP contribution in [0.15, 0.2) is 41.5 Å². The summed E-state index contributed by atoms with van der Waals surface area (Å²) in [5.41, 5.74) is 2.10.